The standard InChI is InChI=1S/C15H15F2NS/c1-10(18-2)13-4-3-5-14(17)15(13)19-12-8-6-11(16)7-9-12/h3-10,18H,1-2H3. The lowest BCUT2D eigenvalue weighted by Gasteiger charge is -2.16. The van der Waals surface area contributed by atoms with Crippen LogP contribution < -0.4 is 5.32 Å². The summed E-state index contributed by atoms with van der Waals surface area (Å²) in [6.07, 6.45) is 0. The average molecular weight is 279 g/mol. The number of hydrogen-bond acceptors (Lipinski definition) is 2. The maximum Gasteiger partial charge on any atom is 0.137 e. The molecular formula is C15H15F2NS. The molecule has 0 fully saturated rings. The van der Waals surface area contributed by atoms with Gasteiger partial charge in [-0.05, 0) is 49.9 Å². The minimum atomic E-state index is -0.290. The Kier molecular flexibility index (Phi) is 4.56. The lowest BCUT2D eigenvalue weighted by molar-refractivity contribution is 0.576. The summed E-state index contributed by atoms with van der Waals surface area (Å²) in [5, 5.41) is 3.10. The maximum absolute atomic E-state index is 14.0. The quantitative estimate of drug-likeness (QED) is 0.890. The number of hydrogen-bond donors (Lipinski definition) is 1. The van der Waals surface area contributed by atoms with E-state index in [2.05, 4.69) is 5.32 Å². The molecule has 0 spiro atoms. The average Bonchev–Trinajstić information content (AvgIpc) is 2.42. The van der Waals surface area contributed by atoms with Crippen molar-refractivity contribution in [2.24, 2.45) is 0 Å². The molecule has 4 heteroatoms. The molecule has 0 heterocycles. The maximum atomic E-state index is 14.0. The van der Waals surface area contributed by atoms with E-state index in [4.69, 9.17) is 0 Å². The molecule has 0 aliphatic heterocycles. The van der Waals surface area contributed by atoms with E-state index in [1.165, 1.54) is 30.0 Å². The van der Waals surface area contributed by atoms with E-state index in [0.29, 0.717) is 4.90 Å². The molecule has 0 radical (unpaired) electrons. The first-order chi connectivity index (χ1) is 9.11. The Balaban J connectivity index is 2.35. The third-order valence-corrected chi connectivity index (χ3v) is 4.07. The predicted molar refractivity (Wildman–Crippen MR) is 74.4 cm³/mol. The minimum absolute atomic E-state index is 0.0543. The normalized spacial score (nSPS) is 12.4. The third-order valence-electron chi connectivity index (χ3n) is 2.93. The molecule has 0 saturated heterocycles. The Labute approximate surface area is 116 Å². The molecule has 0 amide bonds. The van der Waals surface area contributed by atoms with Crippen molar-refractivity contribution in [1.29, 1.82) is 0 Å². The second-order valence-corrected chi connectivity index (χ2v) is 5.31. The van der Waals surface area contributed by atoms with Crippen molar-refractivity contribution in [2.45, 2.75) is 22.8 Å². The first-order valence-electron chi connectivity index (χ1n) is 6.01. The zero-order valence-corrected chi connectivity index (χ0v) is 11.6. The molecule has 1 unspecified atom stereocenters. The molecule has 0 aliphatic carbocycles. The van der Waals surface area contributed by atoms with Crippen LogP contribution in [0.3, 0.4) is 0 Å². The Morgan fingerprint density at radius 2 is 1.74 bits per heavy atom. The molecule has 2 aromatic rings. The topological polar surface area (TPSA) is 12.0 Å². The number of benzene rings is 2. The van der Waals surface area contributed by atoms with Gasteiger partial charge in [-0.1, -0.05) is 23.9 Å². The Bertz CT molecular complexity index is 555. The number of rotatable bonds is 4. The molecule has 2 rings (SSSR count). The highest BCUT2D eigenvalue weighted by atomic mass is 32.2. The van der Waals surface area contributed by atoms with Gasteiger partial charge in [0.05, 0.1) is 4.90 Å². The molecule has 2 aromatic carbocycles. The van der Waals surface area contributed by atoms with Crippen LogP contribution in [0.4, 0.5) is 8.78 Å². The molecule has 0 aromatic heterocycles. The van der Waals surface area contributed by atoms with E-state index in [-0.39, 0.29) is 17.7 Å². The molecule has 0 bridgehead atoms. The molecule has 0 saturated carbocycles. The van der Waals surface area contributed by atoms with E-state index in [1.807, 2.05) is 20.0 Å². The van der Waals surface area contributed by atoms with Crippen molar-refractivity contribution in [3.8, 4) is 0 Å². The van der Waals surface area contributed by atoms with Gasteiger partial charge in [-0.15, -0.1) is 0 Å². The van der Waals surface area contributed by atoms with Crippen LogP contribution in [0.25, 0.3) is 0 Å². The molecule has 1 atom stereocenters. The number of nitrogens with one attached hydrogen (secondary N) is 1. The van der Waals surface area contributed by atoms with E-state index in [1.54, 1.807) is 18.2 Å². The van der Waals surface area contributed by atoms with Gasteiger partial charge in [0.15, 0.2) is 0 Å². The molecule has 1 nitrogen and oxygen atoms in total. The Hall–Kier alpha value is -1.39. The lowest BCUT2D eigenvalue weighted by Crippen LogP contribution is -2.13. The molecule has 0 aliphatic rings. The van der Waals surface area contributed by atoms with Crippen molar-refractivity contribution >= 4 is 11.8 Å². The van der Waals surface area contributed by atoms with Crippen LogP contribution in [0, 0.1) is 11.6 Å². The van der Waals surface area contributed by atoms with Crippen LogP contribution in [-0.2, 0) is 0 Å². The fourth-order valence-corrected chi connectivity index (χ4v) is 2.79. The van der Waals surface area contributed by atoms with Crippen molar-refractivity contribution in [1.82, 2.24) is 5.32 Å². The lowest BCUT2D eigenvalue weighted by atomic mass is 10.1. The first kappa shape index (κ1) is 14.0. The van der Waals surface area contributed by atoms with Crippen molar-refractivity contribution in [2.75, 3.05) is 7.05 Å². The summed E-state index contributed by atoms with van der Waals surface area (Å²) in [5.74, 6) is -0.546. The molecule has 1 N–H and O–H groups in total. The zero-order valence-electron chi connectivity index (χ0n) is 10.8. The minimum Gasteiger partial charge on any atom is -0.313 e. The largest absolute Gasteiger partial charge is 0.313 e. The smallest absolute Gasteiger partial charge is 0.137 e. The van der Waals surface area contributed by atoms with Crippen molar-refractivity contribution < 1.29 is 8.78 Å². The fourth-order valence-electron chi connectivity index (χ4n) is 1.75. The van der Waals surface area contributed by atoms with Gasteiger partial charge >= 0.3 is 0 Å². The van der Waals surface area contributed by atoms with Gasteiger partial charge in [0.25, 0.3) is 0 Å². The Morgan fingerprint density at radius 1 is 1.05 bits per heavy atom. The van der Waals surface area contributed by atoms with Gasteiger partial charge in [0.1, 0.15) is 11.6 Å². The summed E-state index contributed by atoms with van der Waals surface area (Å²) in [5.41, 5.74) is 0.900. The van der Waals surface area contributed by atoms with Gasteiger partial charge in [-0.3, -0.25) is 0 Å². The van der Waals surface area contributed by atoms with Gasteiger partial charge in [-0.25, -0.2) is 8.78 Å². The van der Waals surface area contributed by atoms with Gasteiger partial charge in [0.2, 0.25) is 0 Å². The molecule has 19 heavy (non-hydrogen) atoms. The van der Waals surface area contributed by atoms with Gasteiger partial charge in [0, 0.05) is 10.9 Å². The van der Waals surface area contributed by atoms with E-state index >= 15 is 0 Å². The van der Waals surface area contributed by atoms with E-state index in [0.717, 1.165) is 10.5 Å². The summed E-state index contributed by atoms with van der Waals surface area (Å²) in [7, 11) is 1.84. The second kappa shape index (κ2) is 6.17. The van der Waals surface area contributed by atoms with Crippen LogP contribution in [0.1, 0.15) is 18.5 Å². The summed E-state index contributed by atoms with van der Waals surface area (Å²) in [4.78, 5) is 1.40. The van der Waals surface area contributed by atoms with E-state index in [9.17, 15) is 8.78 Å². The molecular weight excluding hydrogens is 264 g/mol. The number of halogens is 2. The van der Waals surface area contributed by atoms with Crippen LogP contribution in [0.5, 0.6) is 0 Å². The fraction of sp³-hybridized carbons (Fsp3) is 0.200. The summed E-state index contributed by atoms with van der Waals surface area (Å²) in [6.45, 7) is 1.98. The van der Waals surface area contributed by atoms with Crippen LogP contribution in [0.15, 0.2) is 52.3 Å². The SMILES string of the molecule is CNC(C)c1cccc(F)c1Sc1ccc(F)cc1. The summed E-state index contributed by atoms with van der Waals surface area (Å²) < 4.78 is 26.9. The van der Waals surface area contributed by atoms with Gasteiger partial charge in [-0.2, -0.15) is 0 Å². The van der Waals surface area contributed by atoms with Crippen LogP contribution >= 0.6 is 11.8 Å². The molecule has 100 valence electrons. The Morgan fingerprint density at radius 3 is 2.37 bits per heavy atom. The van der Waals surface area contributed by atoms with Crippen molar-refractivity contribution in [3.05, 3.63) is 59.7 Å². The second-order valence-electron chi connectivity index (χ2n) is 4.22. The highest BCUT2D eigenvalue weighted by Crippen LogP contribution is 2.35. The monoisotopic (exact) mass is 279 g/mol. The highest BCUT2D eigenvalue weighted by Gasteiger charge is 2.14. The highest BCUT2D eigenvalue weighted by molar-refractivity contribution is 7.99. The van der Waals surface area contributed by atoms with Gasteiger partial charge < -0.3 is 5.32 Å². The summed E-state index contributed by atoms with van der Waals surface area (Å²) in [6, 6.07) is 11.2. The van der Waals surface area contributed by atoms with Crippen LogP contribution in [-0.4, -0.2) is 7.05 Å². The summed E-state index contributed by atoms with van der Waals surface area (Å²) >= 11 is 1.31. The van der Waals surface area contributed by atoms with Crippen molar-refractivity contribution in [3.63, 3.8) is 0 Å². The zero-order chi connectivity index (χ0) is 13.8. The predicted octanol–water partition coefficient (Wildman–Crippen LogP) is 4.40. The van der Waals surface area contributed by atoms with Crippen LogP contribution in [0.2, 0.25) is 0 Å². The van der Waals surface area contributed by atoms with E-state index < -0.39 is 0 Å². The first-order valence-corrected chi connectivity index (χ1v) is 6.82. The third kappa shape index (κ3) is 3.33.